The quantitative estimate of drug-likeness (QED) is 0.563. The van der Waals surface area contributed by atoms with Crippen LogP contribution in [0.3, 0.4) is 0 Å². The molecular weight excluding hydrogens is 163 g/mol. The number of nitrogens with zero attached hydrogens (tertiary/aromatic N) is 2. The standard InChI is InChI=1S/C6H4N2S.H3P/c1-4-9-6-5(1)7-2-3-8-6;/h1-4H;1H3. The highest BCUT2D eigenvalue weighted by atomic mass is 32.1. The Hall–Kier alpha value is -0.530. The molecule has 2 aromatic heterocycles. The number of fused-ring (bicyclic) bond motifs is 1. The molecule has 10 heavy (non-hydrogen) atoms. The molecule has 0 saturated carbocycles. The van der Waals surface area contributed by atoms with Crippen molar-refractivity contribution in [1.82, 2.24) is 9.97 Å². The highest BCUT2D eigenvalue weighted by Crippen LogP contribution is 2.13. The van der Waals surface area contributed by atoms with Crippen LogP contribution in [0.25, 0.3) is 10.3 Å². The summed E-state index contributed by atoms with van der Waals surface area (Å²) in [5.41, 5.74) is 0.988. The average molecular weight is 170 g/mol. The van der Waals surface area contributed by atoms with Gasteiger partial charge in [0.25, 0.3) is 0 Å². The molecule has 0 aliphatic carbocycles. The second-order valence-corrected chi connectivity index (χ2v) is 2.56. The summed E-state index contributed by atoms with van der Waals surface area (Å²) >= 11 is 1.61. The molecule has 2 rings (SSSR count). The molecule has 2 nitrogen and oxygen atoms in total. The number of hydrogen-bond donors (Lipinski definition) is 0. The van der Waals surface area contributed by atoms with E-state index in [4.69, 9.17) is 0 Å². The lowest BCUT2D eigenvalue weighted by molar-refractivity contribution is 1.32. The van der Waals surface area contributed by atoms with E-state index in [2.05, 4.69) is 9.97 Å². The summed E-state index contributed by atoms with van der Waals surface area (Å²) in [6.45, 7) is 0. The van der Waals surface area contributed by atoms with Gasteiger partial charge >= 0.3 is 0 Å². The monoisotopic (exact) mass is 170 g/mol. The predicted molar refractivity (Wildman–Crippen MR) is 48.5 cm³/mol. The fourth-order valence-corrected chi connectivity index (χ4v) is 1.39. The lowest BCUT2D eigenvalue weighted by Crippen LogP contribution is -1.72. The highest BCUT2D eigenvalue weighted by molar-refractivity contribution is 7.16. The highest BCUT2D eigenvalue weighted by Gasteiger charge is 1.91. The van der Waals surface area contributed by atoms with Crippen molar-refractivity contribution in [2.75, 3.05) is 0 Å². The van der Waals surface area contributed by atoms with Crippen LogP contribution in [0.5, 0.6) is 0 Å². The Morgan fingerprint density at radius 1 is 1.20 bits per heavy atom. The van der Waals surface area contributed by atoms with Crippen LogP contribution in [-0.2, 0) is 0 Å². The molecule has 1 atom stereocenters. The number of hydrogen-bond acceptors (Lipinski definition) is 3. The zero-order valence-corrected chi connectivity index (χ0v) is 7.55. The van der Waals surface area contributed by atoms with E-state index in [0.717, 1.165) is 10.3 Å². The van der Waals surface area contributed by atoms with Crippen molar-refractivity contribution >= 4 is 31.6 Å². The van der Waals surface area contributed by atoms with E-state index in [1.165, 1.54) is 0 Å². The third kappa shape index (κ3) is 1.15. The van der Waals surface area contributed by atoms with E-state index >= 15 is 0 Å². The molecule has 4 heteroatoms. The summed E-state index contributed by atoms with van der Waals surface area (Å²) in [5, 5.41) is 1.99. The van der Waals surface area contributed by atoms with Crippen LogP contribution in [-0.4, -0.2) is 9.97 Å². The van der Waals surface area contributed by atoms with Gasteiger partial charge in [0.05, 0.1) is 5.52 Å². The minimum absolute atomic E-state index is 0. The summed E-state index contributed by atoms with van der Waals surface area (Å²) in [6, 6.07) is 1.97. The van der Waals surface area contributed by atoms with Gasteiger partial charge in [-0.1, -0.05) is 0 Å². The van der Waals surface area contributed by atoms with Crippen molar-refractivity contribution in [2.24, 2.45) is 0 Å². The lowest BCUT2D eigenvalue weighted by atomic mass is 10.5. The Morgan fingerprint density at radius 2 is 2.00 bits per heavy atom. The molecule has 0 radical (unpaired) electrons. The first-order chi connectivity index (χ1) is 4.47. The lowest BCUT2D eigenvalue weighted by Gasteiger charge is -1.81. The largest absolute Gasteiger partial charge is 0.252 e. The van der Waals surface area contributed by atoms with Crippen molar-refractivity contribution in [2.45, 2.75) is 0 Å². The molecule has 0 aliphatic heterocycles. The molecule has 0 saturated heterocycles. The molecule has 0 amide bonds. The third-order valence-corrected chi connectivity index (χ3v) is 1.91. The van der Waals surface area contributed by atoms with Gasteiger partial charge in [-0.05, 0) is 11.4 Å². The SMILES string of the molecule is P.c1cnc2sccc2n1. The zero-order valence-electron chi connectivity index (χ0n) is 5.32. The first kappa shape index (κ1) is 7.58. The van der Waals surface area contributed by atoms with Crippen LogP contribution < -0.4 is 0 Å². The molecule has 0 fully saturated rings. The molecular formula is C6H7N2PS. The van der Waals surface area contributed by atoms with E-state index in [1.807, 2.05) is 11.4 Å². The van der Waals surface area contributed by atoms with Gasteiger partial charge in [0.1, 0.15) is 4.83 Å². The fraction of sp³-hybridized carbons (Fsp3) is 0. The molecule has 1 unspecified atom stereocenters. The average Bonchev–Trinajstić information content (AvgIpc) is 2.33. The summed E-state index contributed by atoms with van der Waals surface area (Å²) in [6.07, 6.45) is 3.41. The van der Waals surface area contributed by atoms with Gasteiger partial charge in [-0.3, -0.25) is 4.98 Å². The minimum atomic E-state index is 0. The second kappa shape index (κ2) is 3.04. The molecule has 0 aliphatic rings. The van der Waals surface area contributed by atoms with E-state index in [1.54, 1.807) is 23.7 Å². The van der Waals surface area contributed by atoms with Crippen molar-refractivity contribution in [3.05, 3.63) is 23.8 Å². The summed E-state index contributed by atoms with van der Waals surface area (Å²) in [7, 11) is 0. The zero-order chi connectivity index (χ0) is 6.10. The van der Waals surface area contributed by atoms with E-state index in [0.29, 0.717) is 0 Å². The Kier molecular flexibility index (Phi) is 2.30. The maximum atomic E-state index is 4.10. The van der Waals surface area contributed by atoms with E-state index in [-0.39, 0.29) is 9.90 Å². The number of rotatable bonds is 0. The van der Waals surface area contributed by atoms with Crippen molar-refractivity contribution in [3.63, 3.8) is 0 Å². The van der Waals surface area contributed by atoms with Gasteiger partial charge in [0, 0.05) is 12.4 Å². The smallest absolute Gasteiger partial charge is 0.141 e. The van der Waals surface area contributed by atoms with Gasteiger partial charge < -0.3 is 0 Å². The molecule has 0 aromatic carbocycles. The normalized spacial score (nSPS) is 9.20. The maximum Gasteiger partial charge on any atom is 0.141 e. The first-order valence-corrected chi connectivity index (χ1v) is 3.49. The minimum Gasteiger partial charge on any atom is -0.252 e. The Labute approximate surface area is 65.9 Å². The number of thiophene rings is 1. The molecule has 0 spiro atoms. The maximum absolute atomic E-state index is 4.10. The van der Waals surface area contributed by atoms with E-state index in [9.17, 15) is 0 Å². The van der Waals surface area contributed by atoms with Gasteiger partial charge in [-0.15, -0.1) is 11.3 Å². The van der Waals surface area contributed by atoms with Crippen LogP contribution in [0.15, 0.2) is 23.8 Å². The van der Waals surface area contributed by atoms with Gasteiger partial charge in [0.2, 0.25) is 0 Å². The van der Waals surface area contributed by atoms with Gasteiger partial charge in [-0.2, -0.15) is 9.90 Å². The van der Waals surface area contributed by atoms with E-state index < -0.39 is 0 Å². The van der Waals surface area contributed by atoms with Crippen molar-refractivity contribution in [1.29, 1.82) is 0 Å². The van der Waals surface area contributed by atoms with Crippen LogP contribution in [0, 0.1) is 0 Å². The summed E-state index contributed by atoms with van der Waals surface area (Å²) in [4.78, 5) is 9.20. The van der Waals surface area contributed by atoms with Gasteiger partial charge in [0.15, 0.2) is 0 Å². The molecule has 52 valence electrons. The summed E-state index contributed by atoms with van der Waals surface area (Å²) in [5.74, 6) is 0. The Bertz CT molecular complexity index is 290. The van der Waals surface area contributed by atoms with Gasteiger partial charge in [-0.25, -0.2) is 4.98 Å². The number of aromatic nitrogens is 2. The Balaban J connectivity index is 0.000000500. The third-order valence-electron chi connectivity index (χ3n) is 1.10. The van der Waals surface area contributed by atoms with Crippen LogP contribution in [0.4, 0.5) is 0 Å². The molecule has 2 heterocycles. The predicted octanol–water partition coefficient (Wildman–Crippen LogP) is 1.75. The topological polar surface area (TPSA) is 25.8 Å². The summed E-state index contributed by atoms with van der Waals surface area (Å²) < 4.78 is 0. The van der Waals surface area contributed by atoms with Crippen LogP contribution in [0.1, 0.15) is 0 Å². The van der Waals surface area contributed by atoms with Crippen molar-refractivity contribution in [3.8, 4) is 0 Å². The first-order valence-electron chi connectivity index (χ1n) is 2.61. The van der Waals surface area contributed by atoms with Crippen LogP contribution in [0.2, 0.25) is 0 Å². The van der Waals surface area contributed by atoms with Crippen molar-refractivity contribution < 1.29 is 0 Å². The van der Waals surface area contributed by atoms with Crippen LogP contribution >= 0.6 is 21.2 Å². The Morgan fingerprint density at radius 3 is 2.80 bits per heavy atom. The second-order valence-electron chi connectivity index (χ2n) is 1.67. The molecule has 0 bridgehead atoms. The fourth-order valence-electron chi connectivity index (χ4n) is 0.704. The molecule has 2 aromatic rings. The molecule has 0 N–H and O–H groups in total.